The lowest BCUT2D eigenvalue weighted by Crippen LogP contribution is -2.53. The Balaban J connectivity index is 1.66. The minimum atomic E-state index is -0.987. The molecule has 1 unspecified atom stereocenters. The highest BCUT2D eigenvalue weighted by atomic mass is 35.5. The maximum absolute atomic E-state index is 14.1. The predicted molar refractivity (Wildman–Crippen MR) is 130 cm³/mol. The third kappa shape index (κ3) is 5.40. The third-order valence-electron chi connectivity index (χ3n) is 6.48. The van der Waals surface area contributed by atoms with Crippen LogP contribution in [0.4, 0.5) is 14.7 Å². The van der Waals surface area contributed by atoms with Crippen molar-refractivity contribution in [3.8, 4) is 11.3 Å². The van der Waals surface area contributed by atoms with Gasteiger partial charge in [0, 0.05) is 38.0 Å². The average Bonchev–Trinajstić information content (AvgIpc) is 3.37. The number of furan rings is 1. The average molecular weight is 541 g/mol. The lowest BCUT2D eigenvalue weighted by atomic mass is 9.80. The van der Waals surface area contributed by atoms with Crippen molar-refractivity contribution < 1.29 is 27.9 Å². The summed E-state index contributed by atoms with van der Waals surface area (Å²) in [6, 6.07) is 4.67. The van der Waals surface area contributed by atoms with Crippen LogP contribution in [0.1, 0.15) is 37.2 Å². The number of aromatic nitrogens is 2. The van der Waals surface area contributed by atoms with Crippen LogP contribution in [0.3, 0.4) is 0 Å². The van der Waals surface area contributed by atoms with Gasteiger partial charge in [-0.15, -0.1) is 0 Å². The number of carbonyl (C=O) groups excluding carboxylic acids is 1. The number of aryl methyl sites for hydroxylation is 1. The van der Waals surface area contributed by atoms with Crippen LogP contribution in [0.15, 0.2) is 34.9 Å². The first-order valence-corrected chi connectivity index (χ1v) is 12.1. The molecule has 36 heavy (non-hydrogen) atoms. The van der Waals surface area contributed by atoms with Crippen molar-refractivity contribution in [1.29, 1.82) is 0 Å². The van der Waals surface area contributed by atoms with Gasteiger partial charge in [0.25, 0.3) is 0 Å². The highest BCUT2D eigenvalue weighted by Crippen LogP contribution is 2.41. The standard InChI is InChI=1S/C24H24Cl2F2N4O4/c1-31-23(17(25)10-30-31)16-9-21(36-24(16)26)32(12-33)20-11-29-14(3-2-4-22(34)35)8-15(20)13-5-6-18(27)19(28)7-13/h5-7,9-10,12,14-15,20,29H,2-4,8,11H2,1H3,(H,34,35)/t14?,15-,20+/m0/s1. The van der Waals surface area contributed by atoms with Crippen molar-refractivity contribution in [3.63, 3.8) is 0 Å². The number of carboxylic acid groups (broad SMARTS) is 1. The zero-order valence-corrected chi connectivity index (χ0v) is 20.8. The van der Waals surface area contributed by atoms with Crippen LogP contribution < -0.4 is 10.2 Å². The van der Waals surface area contributed by atoms with Gasteiger partial charge < -0.3 is 14.8 Å². The third-order valence-corrected chi connectivity index (χ3v) is 7.04. The summed E-state index contributed by atoms with van der Waals surface area (Å²) in [5.74, 6) is -3.07. The summed E-state index contributed by atoms with van der Waals surface area (Å²) in [5.41, 5.74) is 1.48. The maximum Gasteiger partial charge on any atom is 0.303 e. The monoisotopic (exact) mass is 540 g/mol. The Labute approximate surface area is 215 Å². The van der Waals surface area contributed by atoms with Gasteiger partial charge in [-0.3, -0.25) is 19.2 Å². The Hall–Kier alpha value is -2.95. The first-order chi connectivity index (χ1) is 17.2. The van der Waals surface area contributed by atoms with Gasteiger partial charge >= 0.3 is 5.97 Å². The molecule has 1 saturated heterocycles. The number of aliphatic carboxylic acids is 1. The predicted octanol–water partition coefficient (Wildman–Crippen LogP) is 5.00. The summed E-state index contributed by atoms with van der Waals surface area (Å²) >= 11 is 12.6. The summed E-state index contributed by atoms with van der Waals surface area (Å²) in [4.78, 5) is 24.6. The second kappa shape index (κ2) is 11.0. The summed E-state index contributed by atoms with van der Waals surface area (Å²) < 4.78 is 35.1. The lowest BCUT2D eigenvalue weighted by molar-refractivity contribution is -0.137. The molecule has 3 aromatic rings. The van der Waals surface area contributed by atoms with Gasteiger partial charge in [0.1, 0.15) is 0 Å². The molecule has 4 rings (SSSR count). The molecular formula is C24H24Cl2F2N4O4. The van der Waals surface area contributed by atoms with Crippen molar-refractivity contribution in [1.82, 2.24) is 15.1 Å². The van der Waals surface area contributed by atoms with Crippen LogP contribution in [0.2, 0.25) is 10.2 Å². The zero-order valence-electron chi connectivity index (χ0n) is 19.3. The second-order valence-corrected chi connectivity index (χ2v) is 9.47. The Morgan fingerprint density at radius 1 is 1.33 bits per heavy atom. The molecule has 0 bridgehead atoms. The van der Waals surface area contributed by atoms with E-state index in [0.29, 0.717) is 54.1 Å². The number of amides is 1. The molecule has 1 aliphatic heterocycles. The van der Waals surface area contributed by atoms with Crippen molar-refractivity contribution in [2.24, 2.45) is 7.05 Å². The van der Waals surface area contributed by atoms with E-state index in [0.717, 1.165) is 12.1 Å². The highest BCUT2D eigenvalue weighted by molar-refractivity contribution is 6.35. The van der Waals surface area contributed by atoms with Crippen LogP contribution >= 0.6 is 23.2 Å². The molecule has 0 spiro atoms. The number of rotatable bonds is 9. The highest BCUT2D eigenvalue weighted by Gasteiger charge is 2.37. The molecular weight excluding hydrogens is 517 g/mol. The normalized spacial score (nSPS) is 19.9. The Morgan fingerprint density at radius 2 is 2.11 bits per heavy atom. The van der Waals surface area contributed by atoms with Gasteiger partial charge in [0.05, 0.1) is 28.5 Å². The second-order valence-electron chi connectivity index (χ2n) is 8.72. The quantitative estimate of drug-likeness (QED) is 0.370. The number of piperidine rings is 1. The molecule has 1 aliphatic rings. The minimum Gasteiger partial charge on any atom is -0.481 e. The number of carboxylic acids is 1. The molecule has 0 radical (unpaired) electrons. The number of carbonyl (C=O) groups is 2. The van der Waals surface area contributed by atoms with Gasteiger partial charge in [-0.2, -0.15) is 5.10 Å². The van der Waals surface area contributed by atoms with Crippen LogP contribution in [-0.2, 0) is 16.6 Å². The lowest BCUT2D eigenvalue weighted by Gasteiger charge is -2.41. The molecule has 1 amide bonds. The topological polar surface area (TPSA) is 101 Å². The fourth-order valence-electron chi connectivity index (χ4n) is 4.74. The van der Waals surface area contributed by atoms with E-state index in [4.69, 9.17) is 32.7 Å². The molecule has 3 heterocycles. The first-order valence-electron chi connectivity index (χ1n) is 11.3. The van der Waals surface area contributed by atoms with Gasteiger partial charge in [-0.05, 0) is 48.6 Å². The van der Waals surface area contributed by atoms with E-state index in [1.165, 1.54) is 21.8 Å². The van der Waals surface area contributed by atoms with Crippen LogP contribution in [0.25, 0.3) is 11.3 Å². The summed E-state index contributed by atoms with van der Waals surface area (Å²) in [6.45, 7) is 0.306. The summed E-state index contributed by atoms with van der Waals surface area (Å²) in [7, 11) is 1.69. The van der Waals surface area contributed by atoms with E-state index in [2.05, 4.69) is 10.4 Å². The van der Waals surface area contributed by atoms with Crippen LogP contribution in [0.5, 0.6) is 0 Å². The Bertz CT molecular complexity index is 1250. The molecule has 8 nitrogen and oxygen atoms in total. The summed E-state index contributed by atoms with van der Waals surface area (Å²) in [6.07, 6.45) is 3.61. The minimum absolute atomic E-state index is 0.0158. The zero-order chi connectivity index (χ0) is 26.0. The molecule has 2 aromatic heterocycles. The fraction of sp³-hybridized carbons (Fsp3) is 0.375. The Morgan fingerprint density at radius 3 is 2.75 bits per heavy atom. The number of halogens is 4. The largest absolute Gasteiger partial charge is 0.481 e. The van der Waals surface area contributed by atoms with Crippen molar-refractivity contribution in [2.45, 2.75) is 43.7 Å². The van der Waals surface area contributed by atoms with E-state index in [1.54, 1.807) is 13.1 Å². The van der Waals surface area contributed by atoms with Crippen molar-refractivity contribution in [3.05, 3.63) is 57.9 Å². The molecule has 3 atom stereocenters. The molecule has 0 saturated carbocycles. The summed E-state index contributed by atoms with van der Waals surface area (Å²) in [5, 5.41) is 16.8. The number of nitrogens with one attached hydrogen (secondary N) is 1. The smallest absolute Gasteiger partial charge is 0.303 e. The molecule has 12 heteroatoms. The van der Waals surface area contributed by atoms with E-state index in [1.807, 2.05) is 0 Å². The SMILES string of the molecule is Cn1ncc(Cl)c1-c1cc(N(C=O)[C@@H]2CNC(CCCC(=O)O)C[C@H]2c2ccc(F)c(F)c2)oc1Cl. The Kier molecular flexibility index (Phi) is 7.97. The van der Waals surface area contributed by atoms with Crippen LogP contribution in [0, 0.1) is 11.6 Å². The van der Waals surface area contributed by atoms with E-state index in [9.17, 15) is 18.4 Å². The van der Waals surface area contributed by atoms with E-state index >= 15 is 0 Å². The van der Waals surface area contributed by atoms with E-state index in [-0.39, 0.29) is 23.6 Å². The van der Waals surface area contributed by atoms with Gasteiger partial charge in [0.15, 0.2) is 11.6 Å². The number of hydrogen-bond donors (Lipinski definition) is 2. The first kappa shape index (κ1) is 26.1. The molecule has 1 fully saturated rings. The van der Waals surface area contributed by atoms with Gasteiger partial charge in [0.2, 0.25) is 17.5 Å². The number of nitrogens with zero attached hydrogens (tertiary/aromatic N) is 3. The van der Waals surface area contributed by atoms with Gasteiger partial charge in [-0.1, -0.05) is 17.7 Å². The number of benzene rings is 1. The van der Waals surface area contributed by atoms with Crippen molar-refractivity contribution >= 4 is 41.5 Å². The fourth-order valence-corrected chi connectivity index (χ4v) is 5.23. The molecule has 192 valence electrons. The maximum atomic E-state index is 14.1. The van der Waals surface area contributed by atoms with Crippen LogP contribution in [-0.4, -0.2) is 45.9 Å². The van der Waals surface area contributed by atoms with Crippen molar-refractivity contribution in [2.75, 3.05) is 11.4 Å². The molecule has 0 aliphatic carbocycles. The van der Waals surface area contributed by atoms with Gasteiger partial charge in [-0.25, -0.2) is 8.78 Å². The molecule has 1 aromatic carbocycles. The van der Waals surface area contributed by atoms with E-state index < -0.39 is 29.6 Å². The molecule has 2 N–H and O–H groups in total. The number of hydrogen-bond acceptors (Lipinski definition) is 5. The number of anilines is 1.